The van der Waals surface area contributed by atoms with Gasteiger partial charge in [0, 0.05) is 28.2 Å². The number of aliphatic imine (C=N–C) groups is 1. The molecule has 0 radical (unpaired) electrons. The average molecular weight is 313 g/mol. The van der Waals surface area contributed by atoms with E-state index in [1.165, 1.54) is 6.34 Å². The van der Waals surface area contributed by atoms with Gasteiger partial charge in [0.1, 0.15) is 0 Å². The zero-order valence-electron chi connectivity index (χ0n) is 13.4. The largest absolute Gasteiger partial charge is 0.399 e. The molecule has 2 rings (SSSR count). The first-order valence-electron chi connectivity index (χ1n) is 7.52. The van der Waals surface area contributed by atoms with Crippen molar-refractivity contribution in [2.75, 3.05) is 12.3 Å². The highest BCUT2D eigenvalue weighted by Crippen LogP contribution is 2.25. The van der Waals surface area contributed by atoms with Crippen molar-refractivity contribution in [3.05, 3.63) is 52.8 Å². The van der Waals surface area contributed by atoms with Crippen molar-refractivity contribution in [1.29, 1.82) is 0 Å². The number of anilines is 1. The van der Waals surface area contributed by atoms with E-state index in [1.54, 1.807) is 24.3 Å². The molecule has 1 atom stereocenters. The molecule has 6 nitrogen and oxygen atoms in total. The Bertz CT molecular complexity index is 718. The minimum absolute atomic E-state index is 0.109. The lowest BCUT2D eigenvalue weighted by molar-refractivity contribution is 0.103. The predicted octanol–water partition coefficient (Wildman–Crippen LogP) is 1.94. The second kappa shape index (κ2) is 7.11. The van der Waals surface area contributed by atoms with Crippen LogP contribution in [-0.4, -0.2) is 23.7 Å². The summed E-state index contributed by atoms with van der Waals surface area (Å²) in [5, 5.41) is 0. The average Bonchev–Trinajstić information content (AvgIpc) is 2.97. The zero-order valence-corrected chi connectivity index (χ0v) is 13.4. The molecular formula is C17H23N5O. The summed E-state index contributed by atoms with van der Waals surface area (Å²) in [6.45, 7) is 4.41. The number of carbonyl (C=O) groups is 1. The van der Waals surface area contributed by atoms with Crippen molar-refractivity contribution >= 4 is 17.8 Å². The van der Waals surface area contributed by atoms with Crippen LogP contribution in [0.15, 0.2) is 35.3 Å². The Balaban J connectivity index is 2.45. The van der Waals surface area contributed by atoms with E-state index in [0.29, 0.717) is 29.1 Å². The lowest BCUT2D eigenvalue weighted by atomic mass is 9.99. The number of nitrogens with one attached hydrogen (secondary N) is 1. The molecule has 0 aliphatic carbocycles. The smallest absolute Gasteiger partial charge is 0.194 e. The second-order valence-electron chi connectivity index (χ2n) is 5.78. The van der Waals surface area contributed by atoms with E-state index in [1.807, 2.05) is 19.9 Å². The van der Waals surface area contributed by atoms with Crippen LogP contribution in [-0.2, 0) is 0 Å². The van der Waals surface area contributed by atoms with Crippen LogP contribution in [0.2, 0.25) is 0 Å². The number of hydrogen-bond donors (Lipinski definition) is 4. The molecule has 0 bridgehead atoms. The normalized spacial score (nSPS) is 12.9. The van der Waals surface area contributed by atoms with Crippen LogP contribution < -0.4 is 17.2 Å². The van der Waals surface area contributed by atoms with Crippen LogP contribution in [0.25, 0.3) is 0 Å². The van der Waals surface area contributed by atoms with Gasteiger partial charge in [0.2, 0.25) is 0 Å². The highest BCUT2D eigenvalue weighted by Gasteiger charge is 2.22. The Morgan fingerprint density at radius 2 is 2.09 bits per heavy atom. The minimum atomic E-state index is -0.428. The maximum atomic E-state index is 12.8. The first-order valence-corrected chi connectivity index (χ1v) is 7.52. The molecule has 23 heavy (non-hydrogen) atoms. The van der Waals surface area contributed by atoms with Gasteiger partial charge in [-0.1, -0.05) is 26.0 Å². The standard InChI is InChI=1S/C17H23N5O/c1-10(2)15-7-13(16(22-15)14(20)8-21-9-18)17(23)11-4-3-5-12(19)6-11/h3-7,9-10,14,22H,8,19-20H2,1-2H3,(H2,18,21). The molecule has 0 spiro atoms. The number of carbonyl (C=O) groups excluding carboxylic acids is 1. The van der Waals surface area contributed by atoms with Crippen LogP contribution in [0.1, 0.15) is 53.1 Å². The first-order chi connectivity index (χ1) is 10.9. The van der Waals surface area contributed by atoms with Crippen molar-refractivity contribution in [3.8, 4) is 0 Å². The monoisotopic (exact) mass is 313 g/mol. The fraction of sp³-hybridized carbons (Fsp3) is 0.294. The van der Waals surface area contributed by atoms with Gasteiger partial charge in [-0.15, -0.1) is 0 Å². The molecule has 122 valence electrons. The van der Waals surface area contributed by atoms with Crippen molar-refractivity contribution < 1.29 is 4.79 Å². The molecule has 7 N–H and O–H groups in total. The van der Waals surface area contributed by atoms with E-state index in [0.717, 1.165) is 5.69 Å². The molecule has 0 aliphatic heterocycles. The molecule has 0 saturated carbocycles. The Hall–Kier alpha value is -2.60. The van der Waals surface area contributed by atoms with E-state index in [2.05, 4.69) is 9.98 Å². The highest BCUT2D eigenvalue weighted by molar-refractivity contribution is 6.10. The van der Waals surface area contributed by atoms with Crippen molar-refractivity contribution in [2.45, 2.75) is 25.8 Å². The maximum absolute atomic E-state index is 12.8. The summed E-state index contributed by atoms with van der Waals surface area (Å²) >= 11 is 0. The Labute approximate surface area is 135 Å². The number of hydrogen-bond acceptors (Lipinski definition) is 4. The summed E-state index contributed by atoms with van der Waals surface area (Å²) in [7, 11) is 0. The van der Waals surface area contributed by atoms with Crippen molar-refractivity contribution in [3.63, 3.8) is 0 Å². The quantitative estimate of drug-likeness (QED) is 0.281. The molecular weight excluding hydrogens is 290 g/mol. The molecule has 0 saturated heterocycles. The van der Waals surface area contributed by atoms with E-state index in [9.17, 15) is 4.79 Å². The van der Waals surface area contributed by atoms with Gasteiger partial charge in [0.15, 0.2) is 5.78 Å². The number of nitrogens with two attached hydrogens (primary N) is 3. The number of nitrogens with zero attached hydrogens (tertiary/aromatic N) is 1. The third-order valence-electron chi connectivity index (χ3n) is 3.66. The van der Waals surface area contributed by atoms with E-state index < -0.39 is 6.04 Å². The first kappa shape index (κ1) is 16.8. The fourth-order valence-electron chi connectivity index (χ4n) is 2.38. The van der Waals surface area contributed by atoms with Crippen LogP contribution in [0, 0.1) is 0 Å². The second-order valence-corrected chi connectivity index (χ2v) is 5.78. The van der Waals surface area contributed by atoms with Crippen LogP contribution in [0.4, 0.5) is 5.69 Å². The van der Waals surface area contributed by atoms with E-state index in [-0.39, 0.29) is 11.7 Å². The predicted molar refractivity (Wildman–Crippen MR) is 93.6 cm³/mol. The lowest BCUT2D eigenvalue weighted by Crippen LogP contribution is -2.18. The van der Waals surface area contributed by atoms with Crippen molar-refractivity contribution in [1.82, 2.24) is 4.98 Å². The third-order valence-corrected chi connectivity index (χ3v) is 3.66. The maximum Gasteiger partial charge on any atom is 0.194 e. The minimum Gasteiger partial charge on any atom is -0.399 e. The number of benzene rings is 1. The Morgan fingerprint density at radius 3 is 2.70 bits per heavy atom. The van der Waals surface area contributed by atoms with Crippen molar-refractivity contribution in [2.24, 2.45) is 16.5 Å². The van der Waals surface area contributed by atoms with Gasteiger partial charge in [0.25, 0.3) is 0 Å². The zero-order chi connectivity index (χ0) is 17.0. The number of ketones is 1. The Morgan fingerprint density at radius 1 is 1.35 bits per heavy atom. The molecule has 0 aliphatic rings. The summed E-state index contributed by atoms with van der Waals surface area (Å²) in [5.74, 6) is 0.143. The highest BCUT2D eigenvalue weighted by atomic mass is 16.1. The molecule has 0 amide bonds. The van der Waals surface area contributed by atoms with Gasteiger partial charge in [-0.25, -0.2) is 0 Å². The van der Waals surface area contributed by atoms with E-state index >= 15 is 0 Å². The molecule has 6 heteroatoms. The van der Waals surface area contributed by atoms with Crippen LogP contribution >= 0.6 is 0 Å². The number of rotatable bonds is 6. The van der Waals surface area contributed by atoms with Crippen LogP contribution in [0.5, 0.6) is 0 Å². The summed E-state index contributed by atoms with van der Waals surface area (Å²) < 4.78 is 0. The van der Waals surface area contributed by atoms with E-state index in [4.69, 9.17) is 17.2 Å². The molecule has 1 heterocycles. The molecule has 0 fully saturated rings. The molecule has 1 aromatic carbocycles. The van der Waals surface area contributed by atoms with Gasteiger partial charge in [-0.2, -0.15) is 0 Å². The number of aromatic nitrogens is 1. The lowest BCUT2D eigenvalue weighted by Gasteiger charge is -2.10. The SMILES string of the molecule is CC(C)c1cc(C(=O)c2cccc(N)c2)c(C(N)CN=CN)[nH]1. The summed E-state index contributed by atoms with van der Waals surface area (Å²) in [5.41, 5.74) is 20.5. The fourth-order valence-corrected chi connectivity index (χ4v) is 2.38. The number of nitrogen functional groups attached to an aromatic ring is 1. The summed E-state index contributed by atoms with van der Waals surface area (Å²) in [6.07, 6.45) is 1.21. The summed E-state index contributed by atoms with van der Waals surface area (Å²) in [4.78, 5) is 20.1. The van der Waals surface area contributed by atoms with Gasteiger partial charge >= 0.3 is 0 Å². The molecule has 1 unspecified atom stereocenters. The van der Waals surface area contributed by atoms with Gasteiger partial charge in [-0.05, 0) is 24.1 Å². The molecule has 2 aromatic rings. The van der Waals surface area contributed by atoms with Crippen LogP contribution in [0.3, 0.4) is 0 Å². The summed E-state index contributed by atoms with van der Waals surface area (Å²) in [6, 6.07) is 8.35. The third kappa shape index (κ3) is 3.78. The number of H-pyrrole nitrogens is 1. The Kier molecular flexibility index (Phi) is 5.18. The van der Waals surface area contributed by atoms with Gasteiger partial charge in [0.05, 0.1) is 18.9 Å². The molecule has 1 aromatic heterocycles. The number of aromatic amines is 1. The van der Waals surface area contributed by atoms with Gasteiger partial charge < -0.3 is 22.2 Å². The van der Waals surface area contributed by atoms with Gasteiger partial charge in [-0.3, -0.25) is 9.79 Å². The topological polar surface area (TPSA) is 123 Å².